The Morgan fingerprint density at radius 3 is 2.47 bits per heavy atom. The second-order valence-electron chi connectivity index (χ2n) is 4.32. The zero-order valence-corrected chi connectivity index (χ0v) is 11.8. The average Bonchev–Trinajstić information content (AvgIpc) is 2.27. The summed E-state index contributed by atoms with van der Waals surface area (Å²) < 4.78 is 36.0. The number of nitrogens with one attached hydrogen (secondary N) is 1. The van der Waals surface area contributed by atoms with E-state index in [9.17, 15) is 13.2 Å². The van der Waals surface area contributed by atoms with Gasteiger partial charge < -0.3 is 11.1 Å². The minimum absolute atomic E-state index is 0.0638. The number of nitrogens with zero attached hydrogens (tertiary/aromatic N) is 2. The van der Waals surface area contributed by atoms with Gasteiger partial charge in [0.1, 0.15) is 17.5 Å². The number of alkyl halides is 3. The summed E-state index contributed by atoms with van der Waals surface area (Å²) >= 11 is -0.0638. The highest BCUT2D eigenvalue weighted by Gasteiger charge is 2.27. The molecule has 0 radical (unpaired) electrons. The van der Waals surface area contributed by atoms with Crippen molar-refractivity contribution in [3.05, 3.63) is 11.4 Å². The molecule has 0 aliphatic heterocycles. The number of nitrogens with two attached hydrogens (primary N) is 1. The molecule has 0 unspecified atom stereocenters. The highest BCUT2D eigenvalue weighted by molar-refractivity contribution is 8.00. The smallest absolute Gasteiger partial charge is 0.383 e. The van der Waals surface area contributed by atoms with E-state index in [1.54, 1.807) is 6.92 Å². The molecule has 1 heterocycles. The number of hydrogen-bond acceptors (Lipinski definition) is 5. The van der Waals surface area contributed by atoms with Crippen molar-refractivity contribution in [2.75, 3.05) is 23.3 Å². The Bertz CT molecular complexity index is 435. The zero-order valence-electron chi connectivity index (χ0n) is 11.0. The molecule has 0 bridgehead atoms. The maximum atomic E-state index is 12.0. The minimum Gasteiger partial charge on any atom is -0.383 e. The number of nitrogen functional groups attached to an aromatic ring is 1. The van der Waals surface area contributed by atoms with Gasteiger partial charge in [-0.05, 0) is 18.7 Å². The minimum atomic E-state index is -4.20. The van der Waals surface area contributed by atoms with Crippen molar-refractivity contribution in [2.24, 2.45) is 0 Å². The van der Waals surface area contributed by atoms with Crippen LogP contribution in [0.3, 0.4) is 0 Å². The molecule has 108 valence electrons. The Morgan fingerprint density at radius 1 is 1.32 bits per heavy atom. The lowest BCUT2D eigenvalue weighted by Crippen LogP contribution is -2.14. The van der Waals surface area contributed by atoms with E-state index in [4.69, 9.17) is 5.73 Å². The molecule has 1 rings (SSSR count). The van der Waals surface area contributed by atoms with E-state index < -0.39 is 5.51 Å². The lowest BCUT2D eigenvalue weighted by Gasteiger charge is -2.13. The SMILES string of the molecule is Cc1c(N)nc(C(C)C)nc1NCCSC(F)(F)F. The number of halogens is 3. The molecule has 1 aromatic heterocycles. The number of aromatic nitrogens is 2. The molecule has 0 fully saturated rings. The molecular formula is C11H17F3N4S. The standard InChI is InChI=1S/C11H17F3N4S/c1-6(2)9-17-8(15)7(3)10(18-9)16-4-5-19-11(12,13)14/h6H,4-5H2,1-3H3,(H3,15,16,17,18). The first-order valence-electron chi connectivity index (χ1n) is 5.79. The van der Waals surface area contributed by atoms with Gasteiger partial charge in [-0.1, -0.05) is 13.8 Å². The van der Waals surface area contributed by atoms with Crippen molar-refractivity contribution in [3.8, 4) is 0 Å². The predicted molar refractivity (Wildman–Crippen MR) is 72.3 cm³/mol. The second-order valence-corrected chi connectivity index (χ2v) is 5.48. The number of rotatable bonds is 5. The van der Waals surface area contributed by atoms with Crippen molar-refractivity contribution in [3.63, 3.8) is 0 Å². The Kier molecular flexibility index (Phi) is 5.28. The number of anilines is 2. The van der Waals surface area contributed by atoms with Crippen LogP contribution in [0, 0.1) is 6.92 Å². The van der Waals surface area contributed by atoms with Gasteiger partial charge in [0, 0.05) is 23.8 Å². The van der Waals surface area contributed by atoms with Gasteiger partial charge in [-0.15, -0.1) is 0 Å². The van der Waals surface area contributed by atoms with Gasteiger partial charge in [-0.25, -0.2) is 9.97 Å². The van der Waals surface area contributed by atoms with Gasteiger partial charge in [0.2, 0.25) is 0 Å². The third kappa shape index (κ3) is 5.14. The average molecular weight is 294 g/mol. The van der Waals surface area contributed by atoms with Crippen LogP contribution in [0.2, 0.25) is 0 Å². The van der Waals surface area contributed by atoms with Crippen molar-refractivity contribution >= 4 is 23.4 Å². The molecule has 8 heteroatoms. The van der Waals surface area contributed by atoms with E-state index >= 15 is 0 Å². The van der Waals surface area contributed by atoms with E-state index in [0.717, 1.165) is 0 Å². The monoisotopic (exact) mass is 294 g/mol. The van der Waals surface area contributed by atoms with Crippen LogP contribution >= 0.6 is 11.8 Å². The van der Waals surface area contributed by atoms with Crippen molar-refractivity contribution in [1.29, 1.82) is 0 Å². The summed E-state index contributed by atoms with van der Waals surface area (Å²) in [7, 11) is 0. The molecule has 0 amide bonds. The molecule has 0 aliphatic carbocycles. The number of hydrogen-bond donors (Lipinski definition) is 2. The van der Waals surface area contributed by atoms with E-state index in [1.165, 1.54) is 0 Å². The van der Waals surface area contributed by atoms with Crippen LogP contribution in [0.4, 0.5) is 24.8 Å². The summed E-state index contributed by atoms with van der Waals surface area (Å²) in [6.45, 7) is 5.75. The summed E-state index contributed by atoms with van der Waals surface area (Å²) in [5, 5.41) is 2.87. The highest BCUT2D eigenvalue weighted by atomic mass is 32.2. The lowest BCUT2D eigenvalue weighted by molar-refractivity contribution is -0.0327. The van der Waals surface area contributed by atoms with Crippen molar-refractivity contribution < 1.29 is 13.2 Å². The second kappa shape index (κ2) is 6.31. The van der Waals surface area contributed by atoms with Crippen LogP contribution < -0.4 is 11.1 Å². The molecule has 0 saturated heterocycles. The largest absolute Gasteiger partial charge is 0.441 e. The van der Waals surface area contributed by atoms with Gasteiger partial charge >= 0.3 is 5.51 Å². The molecular weight excluding hydrogens is 277 g/mol. The van der Waals surface area contributed by atoms with Crippen LogP contribution in [0.1, 0.15) is 31.2 Å². The summed E-state index contributed by atoms with van der Waals surface area (Å²) in [6, 6.07) is 0. The van der Waals surface area contributed by atoms with Crippen LogP contribution in [-0.2, 0) is 0 Å². The lowest BCUT2D eigenvalue weighted by atomic mass is 10.2. The van der Waals surface area contributed by atoms with Gasteiger partial charge in [0.15, 0.2) is 0 Å². The maximum Gasteiger partial charge on any atom is 0.441 e. The van der Waals surface area contributed by atoms with E-state index in [1.807, 2.05) is 13.8 Å². The molecule has 4 nitrogen and oxygen atoms in total. The first-order valence-corrected chi connectivity index (χ1v) is 6.78. The topological polar surface area (TPSA) is 63.8 Å². The van der Waals surface area contributed by atoms with Crippen molar-refractivity contribution in [2.45, 2.75) is 32.2 Å². The van der Waals surface area contributed by atoms with E-state index in [0.29, 0.717) is 23.0 Å². The normalized spacial score (nSPS) is 11.9. The predicted octanol–water partition coefficient (Wildman–Crippen LogP) is 3.16. The first-order chi connectivity index (χ1) is 8.70. The van der Waals surface area contributed by atoms with E-state index in [2.05, 4.69) is 15.3 Å². The third-order valence-electron chi connectivity index (χ3n) is 2.38. The molecule has 3 N–H and O–H groups in total. The maximum absolute atomic E-state index is 12.0. The third-order valence-corrected chi connectivity index (χ3v) is 3.11. The summed E-state index contributed by atoms with van der Waals surface area (Å²) in [5.41, 5.74) is 2.21. The van der Waals surface area contributed by atoms with E-state index in [-0.39, 0.29) is 30.0 Å². The van der Waals surface area contributed by atoms with Gasteiger partial charge in [-0.3, -0.25) is 0 Å². The van der Waals surface area contributed by atoms with Crippen molar-refractivity contribution in [1.82, 2.24) is 9.97 Å². The van der Waals surface area contributed by atoms with Crippen LogP contribution in [0.15, 0.2) is 0 Å². The van der Waals surface area contributed by atoms with Gasteiger partial charge in [0.05, 0.1) is 0 Å². The Labute approximate surface area is 114 Å². The molecule has 0 aliphatic rings. The fourth-order valence-corrected chi connectivity index (χ4v) is 1.75. The Balaban J connectivity index is 2.67. The molecule has 0 saturated carbocycles. The Hall–Kier alpha value is -1.18. The Morgan fingerprint density at radius 2 is 1.95 bits per heavy atom. The fourth-order valence-electron chi connectivity index (χ4n) is 1.32. The summed E-state index contributed by atoms with van der Waals surface area (Å²) in [6.07, 6.45) is 0. The van der Waals surface area contributed by atoms with Gasteiger partial charge in [-0.2, -0.15) is 13.2 Å². The molecule has 0 aromatic carbocycles. The van der Waals surface area contributed by atoms with Crippen LogP contribution in [0.25, 0.3) is 0 Å². The van der Waals surface area contributed by atoms with Crippen LogP contribution in [0.5, 0.6) is 0 Å². The van der Waals surface area contributed by atoms with Crippen LogP contribution in [-0.4, -0.2) is 27.8 Å². The molecule has 19 heavy (non-hydrogen) atoms. The zero-order chi connectivity index (χ0) is 14.6. The number of thioether (sulfide) groups is 1. The molecule has 0 atom stereocenters. The summed E-state index contributed by atoms with van der Waals surface area (Å²) in [4.78, 5) is 8.42. The molecule has 0 spiro atoms. The highest BCUT2D eigenvalue weighted by Crippen LogP contribution is 2.29. The first kappa shape index (κ1) is 15.9. The fraction of sp³-hybridized carbons (Fsp3) is 0.636. The quantitative estimate of drug-likeness (QED) is 0.817. The summed E-state index contributed by atoms with van der Waals surface area (Å²) in [5.74, 6) is 1.45. The van der Waals surface area contributed by atoms with Gasteiger partial charge in [0.25, 0.3) is 0 Å². The molecule has 1 aromatic rings.